The molecule has 3 aromatic rings. The topological polar surface area (TPSA) is 54.0 Å². The van der Waals surface area contributed by atoms with E-state index >= 15 is 0 Å². The third-order valence-electron chi connectivity index (χ3n) is 3.69. The normalized spacial score (nSPS) is 10.5. The SMILES string of the molecule is Cc1nc(NCc2ccccc2)sc1C(=O)NCc1ccccc1F. The smallest absolute Gasteiger partial charge is 0.263 e. The summed E-state index contributed by atoms with van der Waals surface area (Å²) in [4.78, 5) is 17.3. The van der Waals surface area contributed by atoms with E-state index in [1.54, 1.807) is 25.1 Å². The molecule has 0 aliphatic rings. The van der Waals surface area contributed by atoms with Crippen LogP contribution in [0.3, 0.4) is 0 Å². The summed E-state index contributed by atoms with van der Waals surface area (Å²) in [5.41, 5.74) is 2.26. The number of aryl methyl sites for hydroxylation is 1. The second-order valence-electron chi connectivity index (χ2n) is 5.55. The summed E-state index contributed by atoms with van der Waals surface area (Å²) >= 11 is 1.30. The predicted octanol–water partition coefficient (Wildman–Crippen LogP) is 4.13. The minimum absolute atomic E-state index is 0.148. The number of thiazole rings is 1. The van der Waals surface area contributed by atoms with E-state index in [0.29, 0.717) is 27.8 Å². The van der Waals surface area contributed by atoms with Crippen LogP contribution in [-0.2, 0) is 13.1 Å². The monoisotopic (exact) mass is 355 g/mol. The predicted molar refractivity (Wildman–Crippen MR) is 98.2 cm³/mol. The lowest BCUT2D eigenvalue weighted by atomic mass is 10.2. The maximum atomic E-state index is 13.6. The molecule has 0 aliphatic carbocycles. The minimum Gasteiger partial charge on any atom is -0.357 e. The van der Waals surface area contributed by atoms with E-state index in [4.69, 9.17) is 0 Å². The molecule has 2 aromatic carbocycles. The second-order valence-corrected chi connectivity index (χ2v) is 6.55. The molecule has 1 heterocycles. The van der Waals surface area contributed by atoms with Crippen LogP contribution in [0.5, 0.6) is 0 Å². The summed E-state index contributed by atoms with van der Waals surface area (Å²) in [5.74, 6) is -0.569. The first-order valence-electron chi connectivity index (χ1n) is 7.90. The zero-order chi connectivity index (χ0) is 17.6. The molecule has 0 saturated carbocycles. The Balaban J connectivity index is 1.61. The fraction of sp³-hybridized carbons (Fsp3) is 0.158. The van der Waals surface area contributed by atoms with Crippen molar-refractivity contribution >= 4 is 22.4 Å². The molecule has 1 aromatic heterocycles. The van der Waals surface area contributed by atoms with E-state index in [9.17, 15) is 9.18 Å². The number of amides is 1. The molecule has 128 valence electrons. The summed E-state index contributed by atoms with van der Waals surface area (Å²) < 4.78 is 13.6. The molecule has 0 atom stereocenters. The van der Waals surface area contributed by atoms with E-state index in [2.05, 4.69) is 15.6 Å². The number of carbonyl (C=O) groups is 1. The number of hydrogen-bond donors (Lipinski definition) is 2. The van der Waals surface area contributed by atoms with Crippen LogP contribution in [0.2, 0.25) is 0 Å². The zero-order valence-corrected chi connectivity index (χ0v) is 14.6. The fourth-order valence-electron chi connectivity index (χ4n) is 2.35. The van der Waals surface area contributed by atoms with Gasteiger partial charge in [0.1, 0.15) is 10.7 Å². The van der Waals surface area contributed by atoms with Gasteiger partial charge in [-0.2, -0.15) is 0 Å². The lowest BCUT2D eigenvalue weighted by Gasteiger charge is -2.05. The molecule has 0 bridgehead atoms. The first-order valence-corrected chi connectivity index (χ1v) is 8.72. The van der Waals surface area contributed by atoms with Crippen LogP contribution in [0.4, 0.5) is 9.52 Å². The van der Waals surface area contributed by atoms with Crippen molar-refractivity contribution in [1.82, 2.24) is 10.3 Å². The summed E-state index contributed by atoms with van der Waals surface area (Å²) in [7, 11) is 0. The molecule has 0 spiro atoms. The Morgan fingerprint density at radius 1 is 1.08 bits per heavy atom. The maximum absolute atomic E-state index is 13.6. The highest BCUT2D eigenvalue weighted by molar-refractivity contribution is 7.17. The average molecular weight is 355 g/mol. The number of rotatable bonds is 6. The summed E-state index contributed by atoms with van der Waals surface area (Å²) in [5, 5.41) is 6.67. The molecular formula is C19H18FN3OS. The van der Waals surface area contributed by atoms with Gasteiger partial charge >= 0.3 is 0 Å². The summed E-state index contributed by atoms with van der Waals surface area (Å²) in [6.45, 7) is 2.59. The maximum Gasteiger partial charge on any atom is 0.263 e. The second kappa shape index (κ2) is 7.90. The van der Waals surface area contributed by atoms with Gasteiger partial charge in [-0.25, -0.2) is 9.37 Å². The van der Waals surface area contributed by atoms with Gasteiger partial charge in [0.2, 0.25) is 0 Å². The van der Waals surface area contributed by atoms with Crippen LogP contribution in [0, 0.1) is 12.7 Å². The number of hydrogen-bond acceptors (Lipinski definition) is 4. The molecular weight excluding hydrogens is 337 g/mol. The first kappa shape index (κ1) is 17.1. The Hall–Kier alpha value is -2.73. The lowest BCUT2D eigenvalue weighted by Crippen LogP contribution is -2.23. The quantitative estimate of drug-likeness (QED) is 0.699. The molecule has 0 unspecified atom stereocenters. The number of aromatic nitrogens is 1. The molecule has 3 rings (SSSR count). The molecule has 2 N–H and O–H groups in total. The lowest BCUT2D eigenvalue weighted by molar-refractivity contribution is 0.0954. The largest absolute Gasteiger partial charge is 0.357 e. The number of nitrogens with one attached hydrogen (secondary N) is 2. The number of halogens is 1. The molecule has 0 fully saturated rings. The fourth-order valence-corrected chi connectivity index (χ4v) is 3.23. The summed E-state index contributed by atoms with van der Waals surface area (Å²) in [6, 6.07) is 16.4. The van der Waals surface area contributed by atoms with Crippen molar-refractivity contribution in [2.45, 2.75) is 20.0 Å². The Labute approximate surface area is 149 Å². The van der Waals surface area contributed by atoms with Gasteiger partial charge in [0, 0.05) is 18.7 Å². The van der Waals surface area contributed by atoms with E-state index in [-0.39, 0.29) is 18.3 Å². The van der Waals surface area contributed by atoms with Crippen LogP contribution in [0.25, 0.3) is 0 Å². The highest BCUT2D eigenvalue weighted by Gasteiger charge is 2.15. The Bertz CT molecular complexity index is 864. The van der Waals surface area contributed by atoms with Crippen LogP contribution in [-0.4, -0.2) is 10.9 Å². The van der Waals surface area contributed by atoms with Gasteiger partial charge in [0.05, 0.1) is 5.69 Å². The molecule has 0 radical (unpaired) electrons. The third-order valence-corrected chi connectivity index (χ3v) is 4.80. The highest BCUT2D eigenvalue weighted by atomic mass is 32.1. The Morgan fingerprint density at radius 2 is 1.80 bits per heavy atom. The van der Waals surface area contributed by atoms with Crippen LogP contribution in [0.15, 0.2) is 54.6 Å². The number of carbonyl (C=O) groups excluding carboxylic acids is 1. The van der Waals surface area contributed by atoms with Crippen molar-refractivity contribution in [3.63, 3.8) is 0 Å². The van der Waals surface area contributed by atoms with Crippen LogP contribution >= 0.6 is 11.3 Å². The van der Waals surface area contributed by atoms with E-state index in [0.717, 1.165) is 5.56 Å². The van der Waals surface area contributed by atoms with Crippen LogP contribution in [0.1, 0.15) is 26.5 Å². The molecule has 6 heteroatoms. The van der Waals surface area contributed by atoms with E-state index in [1.807, 2.05) is 30.3 Å². The number of nitrogens with zero attached hydrogens (tertiary/aromatic N) is 1. The van der Waals surface area contributed by atoms with Crippen molar-refractivity contribution < 1.29 is 9.18 Å². The van der Waals surface area contributed by atoms with Gasteiger partial charge in [-0.15, -0.1) is 0 Å². The van der Waals surface area contributed by atoms with Crippen molar-refractivity contribution in [3.05, 3.63) is 82.1 Å². The standard InChI is InChI=1S/C19H18FN3OS/c1-13-17(18(24)21-12-15-9-5-6-10-16(15)20)25-19(23-13)22-11-14-7-3-2-4-8-14/h2-10H,11-12H2,1H3,(H,21,24)(H,22,23). The van der Waals surface area contributed by atoms with E-state index < -0.39 is 0 Å². The van der Waals surface area contributed by atoms with Gasteiger partial charge in [-0.3, -0.25) is 4.79 Å². The summed E-state index contributed by atoms with van der Waals surface area (Å²) in [6.07, 6.45) is 0. The third kappa shape index (κ3) is 4.42. The number of benzene rings is 2. The van der Waals surface area contributed by atoms with Crippen molar-refractivity contribution in [2.75, 3.05) is 5.32 Å². The van der Waals surface area contributed by atoms with Crippen molar-refractivity contribution in [3.8, 4) is 0 Å². The van der Waals surface area contributed by atoms with Gasteiger partial charge in [0.25, 0.3) is 5.91 Å². The van der Waals surface area contributed by atoms with E-state index in [1.165, 1.54) is 17.4 Å². The highest BCUT2D eigenvalue weighted by Crippen LogP contribution is 2.23. The van der Waals surface area contributed by atoms with Gasteiger partial charge in [-0.05, 0) is 18.6 Å². The number of anilines is 1. The zero-order valence-electron chi connectivity index (χ0n) is 13.8. The Morgan fingerprint density at radius 3 is 2.56 bits per heavy atom. The van der Waals surface area contributed by atoms with Crippen molar-refractivity contribution in [2.24, 2.45) is 0 Å². The molecule has 4 nitrogen and oxygen atoms in total. The Kier molecular flexibility index (Phi) is 5.40. The van der Waals surface area contributed by atoms with Gasteiger partial charge < -0.3 is 10.6 Å². The van der Waals surface area contributed by atoms with Gasteiger partial charge in [-0.1, -0.05) is 59.9 Å². The molecule has 1 amide bonds. The van der Waals surface area contributed by atoms with Crippen LogP contribution < -0.4 is 10.6 Å². The molecule has 25 heavy (non-hydrogen) atoms. The molecule has 0 aliphatic heterocycles. The first-order chi connectivity index (χ1) is 12.1. The molecule has 0 saturated heterocycles. The van der Waals surface area contributed by atoms with Gasteiger partial charge in [0.15, 0.2) is 5.13 Å². The average Bonchev–Trinajstić information content (AvgIpc) is 3.01. The minimum atomic E-state index is -0.325. The van der Waals surface area contributed by atoms with Crippen molar-refractivity contribution in [1.29, 1.82) is 0 Å².